The first-order valence-corrected chi connectivity index (χ1v) is 6.20. The molecule has 1 aliphatic heterocycles. The van der Waals surface area contributed by atoms with Crippen LogP contribution in [-0.4, -0.2) is 23.1 Å². The maximum absolute atomic E-state index is 11.3. The topological polar surface area (TPSA) is 20.3 Å². The van der Waals surface area contributed by atoms with E-state index in [4.69, 9.17) is 11.6 Å². The first kappa shape index (κ1) is 10.8. The summed E-state index contributed by atoms with van der Waals surface area (Å²) in [5, 5.41) is 0.758. The Morgan fingerprint density at radius 1 is 1.53 bits per heavy atom. The third kappa shape index (κ3) is 2.29. The summed E-state index contributed by atoms with van der Waals surface area (Å²) in [7, 11) is 0. The van der Waals surface area contributed by atoms with E-state index in [1.165, 1.54) is 4.90 Å². The fraction of sp³-hybridized carbons (Fsp3) is 0.364. The number of hydrogen-bond acceptors (Lipinski definition) is 2. The van der Waals surface area contributed by atoms with Gasteiger partial charge in [0.15, 0.2) is 0 Å². The van der Waals surface area contributed by atoms with Crippen LogP contribution in [0, 0.1) is 0 Å². The Morgan fingerprint density at radius 3 is 3.07 bits per heavy atom. The maximum atomic E-state index is 11.3. The summed E-state index contributed by atoms with van der Waals surface area (Å²) in [4.78, 5) is 14.4. The molecular weight excluding hydrogens is 230 g/mol. The molecule has 80 valence electrons. The van der Waals surface area contributed by atoms with Gasteiger partial charge in [-0.3, -0.25) is 4.79 Å². The highest BCUT2D eigenvalue weighted by Gasteiger charge is 2.18. The SMILES string of the molecule is CC(=O)N1CCSc2cccc(Cl)c2C1. The van der Waals surface area contributed by atoms with Gasteiger partial charge >= 0.3 is 0 Å². The summed E-state index contributed by atoms with van der Waals surface area (Å²) >= 11 is 7.90. The molecule has 15 heavy (non-hydrogen) atoms. The maximum Gasteiger partial charge on any atom is 0.219 e. The standard InChI is InChI=1S/C11H12ClNOS/c1-8(14)13-5-6-15-11-4-2-3-10(12)9(11)7-13/h2-4H,5-7H2,1H3. The second kappa shape index (κ2) is 4.45. The normalized spacial score (nSPS) is 15.7. The molecule has 0 aliphatic carbocycles. The van der Waals surface area contributed by atoms with Crippen LogP contribution in [0.2, 0.25) is 5.02 Å². The lowest BCUT2D eigenvalue weighted by Gasteiger charge is -2.18. The fourth-order valence-corrected chi connectivity index (χ4v) is 2.98. The summed E-state index contributed by atoms with van der Waals surface area (Å²) in [6.07, 6.45) is 0. The van der Waals surface area contributed by atoms with E-state index < -0.39 is 0 Å². The van der Waals surface area contributed by atoms with Crippen LogP contribution in [0.5, 0.6) is 0 Å². The highest BCUT2D eigenvalue weighted by molar-refractivity contribution is 7.99. The Hall–Kier alpha value is -0.670. The van der Waals surface area contributed by atoms with Crippen LogP contribution < -0.4 is 0 Å². The van der Waals surface area contributed by atoms with Crippen molar-refractivity contribution in [3.8, 4) is 0 Å². The molecule has 2 nitrogen and oxygen atoms in total. The molecule has 0 spiro atoms. The average Bonchev–Trinajstić information content (AvgIpc) is 2.40. The van der Waals surface area contributed by atoms with Gasteiger partial charge in [-0.25, -0.2) is 0 Å². The molecule has 0 saturated carbocycles. The Balaban J connectivity index is 2.35. The van der Waals surface area contributed by atoms with E-state index in [-0.39, 0.29) is 5.91 Å². The molecule has 0 atom stereocenters. The molecule has 1 aromatic rings. The second-order valence-electron chi connectivity index (χ2n) is 3.51. The van der Waals surface area contributed by atoms with E-state index >= 15 is 0 Å². The highest BCUT2D eigenvalue weighted by atomic mass is 35.5. The van der Waals surface area contributed by atoms with Crippen molar-refractivity contribution >= 4 is 29.3 Å². The van der Waals surface area contributed by atoms with Gasteiger partial charge in [0, 0.05) is 41.2 Å². The highest BCUT2D eigenvalue weighted by Crippen LogP contribution is 2.32. The monoisotopic (exact) mass is 241 g/mol. The van der Waals surface area contributed by atoms with E-state index in [9.17, 15) is 4.79 Å². The number of halogens is 1. The van der Waals surface area contributed by atoms with Gasteiger partial charge in [-0.1, -0.05) is 17.7 Å². The Morgan fingerprint density at radius 2 is 2.33 bits per heavy atom. The number of hydrogen-bond donors (Lipinski definition) is 0. The second-order valence-corrected chi connectivity index (χ2v) is 5.05. The third-order valence-electron chi connectivity index (χ3n) is 2.49. The molecule has 1 aromatic carbocycles. The molecule has 1 aliphatic rings. The number of rotatable bonds is 0. The molecule has 0 fully saturated rings. The predicted octanol–water partition coefficient (Wildman–Crippen LogP) is 2.79. The molecule has 0 bridgehead atoms. The molecular formula is C11H12ClNOS. The van der Waals surface area contributed by atoms with Crippen molar-refractivity contribution in [3.05, 3.63) is 28.8 Å². The van der Waals surface area contributed by atoms with Gasteiger partial charge < -0.3 is 4.90 Å². The van der Waals surface area contributed by atoms with Gasteiger partial charge in [-0.05, 0) is 12.1 Å². The number of nitrogens with zero attached hydrogens (tertiary/aromatic N) is 1. The molecule has 2 rings (SSSR count). The van der Waals surface area contributed by atoms with Gasteiger partial charge in [0.05, 0.1) is 0 Å². The summed E-state index contributed by atoms with van der Waals surface area (Å²) < 4.78 is 0. The Kier molecular flexibility index (Phi) is 3.22. The predicted molar refractivity (Wildman–Crippen MR) is 63.3 cm³/mol. The zero-order chi connectivity index (χ0) is 10.8. The van der Waals surface area contributed by atoms with Crippen molar-refractivity contribution < 1.29 is 4.79 Å². The van der Waals surface area contributed by atoms with E-state index in [0.29, 0.717) is 6.54 Å². The van der Waals surface area contributed by atoms with E-state index in [1.54, 1.807) is 18.7 Å². The van der Waals surface area contributed by atoms with Crippen LogP contribution in [0.3, 0.4) is 0 Å². The minimum absolute atomic E-state index is 0.114. The number of fused-ring (bicyclic) bond motifs is 1. The van der Waals surface area contributed by atoms with Gasteiger partial charge in [0.2, 0.25) is 5.91 Å². The molecule has 0 N–H and O–H groups in total. The van der Waals surface area contributed by atoms with Crippen molar-refractivity contribution in [1.29, 1.82) is 0 Å². The molecule has 4 heteroatoms. The number of amides is 1. The van der Waals surface area contributed by atoms with Crippen LogP contribution in [0.4, 0.5) is 0 Å². The summed E-state index contributed by atoms with van der Waals surface area (Å²) in [5.41, 5.74) is 1.08. The third-order valence-corrected chi connectivity index (χ3v) is 3.92. The van der Waals surface area contributed by atoms with E-state index in [2.05, 4.69) is 6.07 Å². The number of thioether (sulfide) groups is 1. The zero-order valence-corrected chi connectivity index (χ0v) is 10.1. The zero-order valence-electron chi connectivity index (χ0n) is 8.50. The van der Waals surface area contributed by atoms with Crippen molar-refractivity contribution in [2.24, 2.45) is 0 Å². The molecule has 0 aromatic heterocycles. The van der Waals surface area contributed by atoms with Crippen molar-refractivity contribution in [1.82, 2.24) is 4.90 Å². The van der Waals surface area contributed by atoms with Crippen LogP contribution in [-0.2, 0) is 11.3 Å². The van der Waals surface area contributed by atoms with Gasteiger partial charge in [-0.15, -0.1) is 11.8 Å². The minimum Gasteiger partial charge on any atom is -0.338 e. The number of benzene rings is 1. The summed E-state index contributed by atoms with van der Waals surface area (Å²) in [5.74, 6) is 1.05. The Labute approximate surface area is 98.6 Å². The van der Waals surface area contributed by atoms with Gasteiger partial charge in [-0.2, -0.15) is 0 Å². The summed E-state index contributed by atoms with van der Waals surface area (Å²) in [6.45, 7) is 3.04. The van der Waals surface area contributed by atoms with E-state index in [0.717, 1.165) is 22.9 Å². The molecule has 0 saturated heterocycles. The largest absolute Gasteiger partial charge is 0.338 e. The number of carbonyl (C=O) groups excluding carboxylic acids is 1. The van der Waals surface area contributed by atoms with Crippen LogP contribution >= 0.6 is 23.4 Å². The lowest BCUT2D eigenvalue weighted by Crippen LogP contribution is -2.29. The van der Waals surface area contributed by atoms with Gasteiger partial charge in [0.1, 0.15) is 0 Å². The van der Waals surface area contributed by atoms with Crippen molar-refractivity contribution in [2.75, 3.05) is 12.3 Å². The molecule has 0 radical (unpaired) electrons. The van der Waals surface area contributed by atoms with Crippen molar-refractivity contribution in [2.45, 2.75) is 18.4 Å². The van der Waals surface area contributed by atoms with Crippen molar-refractivity contribution in [3.63, 3.8) is 0 Å². The lowest BCUT2D eigenvalue weighted by molar-refractivity contribution is -0.129. The first-order chi connectivity index (χ1) is 7.18. The quantitative estimate of drug-likeness (QED) is 0.696. The lowest BCUT2D eigenvalue weighted by atomic mass is 10.2. The van der Waals surface area contributed by atoms with E-state index in [1.807, 2.05) is 17.0 Å². The Bertz CT molecular complexity index is 394. The average molecular weight is 242 g/mol. The van der Waals surface area contributed by atoms with Crippen LogP contribution in [0.15, 0.2) is 23.1 Å². The van der Waals surface area contributed by atoms with Crippen LogP contribution in [0.25, 0.3) is 0 Å². The molecule has 0 unspecified atom stereocenters. The first-order valence-electron chi connectivity index (χ1n) is 4.84. The smallest absolute Gasteiger partial charge is 0.219 e. The van der Waals surface area contributed by atoms with Gasteiger partial charge in [0.25, 0.3) is 0 Å². The molecule has 1 amide bonds. The fourth-order valence-electron chi connectivity index (χ4n) is 1.63. The number of carbonyl (C=O) groups is 1. The minimum atomic E-state index is 0.114. The van der Waals surface area contributed by atoms with Crippen LogP contribution in [0.1, 0.15) is 12.5 Å². The molecule has 1 heterocycles. The summed E-state index contributed by atoms with van der Waals surface area (Å²) in [6, 6.07) is 5.90.